The highest BCUT2D eigenvalue weighted by atomic mass is 32.2. The standard InChI is InChI=1S/C34H43N3O5S/c1-24-14-17-31(18-15-24)43(40,41)37(32-19-16-25(2)20-26(32)3)23-33(38)36(22-28-10-9-13-30(21-28)42-5)27(4)34(39)35-29-11-7-6-8-12-29/h9-10,13-21,27,29H,6-8,11-12,22-23H2,1-5H3,(H,35,39)/t27-/m0/s1. The number of sulfonamides is 1. The minimum Gasteiger partial charge on any atom is -0.497 e. The lowest BCUT2D eigenvalue weighted by molar-refractivity contribution is -0.139. The van der Waals surface area contributed by atoms with Crippen LogP contribution in [0.15, 0.2) is 71.6 Å². The van der Waals surface area contributed by atoms with E-state index in [0.29, 0.717) is 11.4 Å². The van der Waals surface area contributed by atoms with Crippen LogP contribution in [-0.4, -0.2) is 50.9 Å². The van der Waals surface area contributed by atoms with Crippen molar-refractivity contribution < 1.29 is 22.7 Å². The number of amides is 2. The van der Waals surface area contributed by atoms with Gasteiger partial charge in [0.2, 0.25) is 11.8 Å². The smallest absolute Gasteiger partial charge is 0.264 e. The van der Waals surface area contributed by atoms with Gasteiger partial charge in [-0.1, -0.05) is 66.8 Å². The minimum atomic E-state index is -4.12. The average molecular weight is 606 g/mol. The number of hydrogen-bond acceptors (Lipinski definition) is 5. The molecule has 0 aromatic heterocycles. The van der Waals surface area contributed by atoms with Gasteiger partial charge in [-0.2, -0.15) is 0 Å². The van der Waals surface area contributed by atoms with Crippen molar-refractivity contribution in [2.45, 2.75) is 83.3 Å². The van der Waals surface area contributed by atoms with Crippen molar-refractivity contribution in [3.05, 3.63) is 89.0 Å². The molecule has 1 aliphatic rings. The summed E-state index contributed by atoms with van der Waals surface area (Å²) in [7, 11) is -2.55. The van der Waals surface area contributed by atoms with Crippen LogP contribution >= 0.6 is 0 Å². The van der Waals surface area contributed by atoms with Crippen molar-refractivity contribution in [1.82, 2.24) is 10.2 Å². The molecule has 0 unspecified atom stereocenters. The van der Waals surface area contributed by atoms with Gasteiger partial charge in [-0.05, 0) is 82.0 Å². The number of aryl methyl sites for hydroxylation is 3. The number of nitrogens with one attached hydrogen (secondary N) is 1. The number of anilines is 1. The van der Waals surface area contributed by atoms with Gasteiger partial charge in [-0.25, -0.2) is 8.42 Å². The van der Waals surface area contributed by atoms with E-state index >= 15 is 0 Å². The highest BCUT2D eigenvalue weighted by Gasteiger charge is 2.33. The van der Waals surface area contributed by atoms with Crippen LogP contribution in [0, 0.1) is 20.8 Å². The monoisotopic (exact) mass is 605 g/mol. The highest BCUT2D eigenvalue weighted by molar-refractivity contribution is 7.92. The van der Waals surface area contributed by atoms with E-state index < -0.39 is 28.5 Å². The summed E-state index contributed by atoms with van der Waals surface area (Å²) in [6, 6.07) is 18.6. The SMILES string of the molecule is COc1cccc(CN(C(=O)CN(c2ccc(C)cc2C)S(=O)(=O)c2ccc(C)cc2)[C@@H](C)C(=O)NC2CCCCC2)c1. The number of hydrogen-bond donors (Lipinski definition) is 1. The topological polar surface area (TPSA) is 96.0 Å². The van der Waals surface area contributed by atoms with Gasteiger partial charge in [-0.3, -0.25) is 13.9 Å². The first kappa shape index (κ1) is 32.1. The van der Waals surface area contributed by atoms with Crippen LogP contribution in [0.5, 0.6) is 5.75 Å². The number of rotatable bonds is 11. The summed E-state index contributed by atoms with van der Waals surface area (Å²) in [6.45, 7) is 7.00. The molecule has 0 heterocycles. The Morgan fingerprint density at radius 2 is 1.60 bits per heavy atom. The van der Waals surface area contributed by atoms with Gasteiger partial charge >= 0.3 is 0 Å². The van der Waals surface area contributed by atoms with Crippen LogP contribution < -0.4 is 14.4 Å². The molecule has 3 aromatic rings. The second-order valence-electron chi connectivity index (χ2n) is 11.5. The number of methoxy groups -OCH3 is 1. The number of nitrogens with zero attached hydrogens (tertiary/aromatic N) is 2. The molecule has 0 spiro atoms. The molecular weight excluding hydrogens is 562 g/mol. The molecule has 9 heteroatoms. The Bertz CT molecular complexity index is 1530. The molecule has 2 amide bonds. The molecular formula is C34H43N3O5S. The van der Waals surface area contributed by atoms with Crippen molar-refractivity contribution >= 4 is 27.5 Å². The molecule has 1 aliphatic carbocycles. The first-order valence-corrected chi connectivity index (χ1v) is 16.3. The zero-order chi connectivity index (χ0) is 31.1. The molecule has 1 atom stereocenters. The molecule has 43 heavy (non-hydrogen) atoms. The summed E-state index contributed by atoms with van der Waals surface area (Å²) < 4.78 is 34.8. The van der Waals surface area contributed by atoms with Gasteiger partial charge < -0.3 is 15.0 Å². The predicted octanol–water partition coefficient (Wildman–Crippen LogP) is 5.68. The fourth-order valence-electron chi connectivity index (χ4n) is 5.55. The van der Waals surface area contributed by atoms with E-state index in [1.54, 1.807) is 44.4 Å². The number of carbonyl (C=O) groups excluding carboxylic acids is 2. The van der Waals surface area contributed by atoms with Gasteiger partial charge in [0.25, 0.3) is 10.0 Å². The number of benzene rings is 3. The second-order valence-corrected chi connectivity index (χ2v) is 13.4. The summed E-state index contributed by atoms with van der Waals surface area (Å²) in [6.07, 6.45) is 5.11. The van der Waals surface area contributed by atoms with Gasteiger partial charge in [0.15, 0.2) is 0 Å². The summed E-state index contributed by atoms with van der Waals surface area (Å²) in [5.74, 6) is -0.101. The second kappa shape index (κ2) is 14.1. The molecule has 0 aliphatic heterocycles. The molecule has 3 aromatic carbocycles. The van der Waals surface area contributed by atoms with E-state index in [0.717, 1.165) is 54.4 Å². The molecule has 4 rings (SSSR count). The van der Waals surface area contributed by atoms with Crippen LogP contribution in [0.2, 0.25) is 0 Å². The van der Waals surface area contributed by atoms with E-state index in [1.807, 2.05) is 57.2 Å². The maximum Gasteiger partial charge on any atom is 0.264 e. The van der Waals surface area contributed by atoms with Gasteiger partial charge in [0, 0.05) is 12.6 Å². The van der Waals surface area contributed by atoms with Crippen molar-refractivity contribution in [2.75, 3.05) is 18.0 Å². The normalized spacial score (nSPS) is 14.5. The Balaban J connectivity index is 1.71. The molecule has 230 valence electrons. The largest absolute Gasteiger partial charge is 0.497 e. The number of carbonyl (C=O) groups is 2. The van der Waals surface area contributed by atoms with Gasteiger partial charge in [0.1, 0.15) is 18.3 Å². The molecule has 0 radical (unpaired) electrons. The van der Waals surface area contributed by atoms with Crippen LogP contribution in [0.25, 0.3) is 0 Å². The van der Waals surface area contributed by atoms with Crippen LogP contribution in [0.4, 0.5) is 5.69 Å². The number of ether oxygens (including phenoxy) is 1. The molecule has 1 N–H and O–H groups in total. The first-order valence-electron chi connectivity index (χ1n) is 14.9. The van der Waals surface area contributed by atoms with E-state index in [4.69, 9.17) is 4.74 Å². The van der Waals surface area contributed by atoms with Crippen LogP contribution in [0.1, 0.15) is 61.3 Å². The van der Waals surface area contributed by atoms with E-state index in [2.05, 4.69) is 5.32 Å². The Labute approximate surface area is 256 Å². The molecule has 1 saturated carbocycles. The van der Waals surface area contributed by atoms with Crippen molar-refractivity contribution in [3.8, 4) is 5.75 Å². The Morgan fingerprint density at radius 1 is 0.930 bits per heavy atom. The minimum absolute atomic E-state index is 0.0751. The zero-order valence-electron chi connectivity index (χ0n) is 25.8. The Morgan fingerprint density at radius 3 is 2.26 bits per heavy atom. The predicted molar refractivity (Wildman–Crippen MR) is 170 cm³/mol. The van der Waals surface area contributed by atoms with Crippen molar-refractivity contribution in [3.63, 3.8) is 0 Å². The quantitative estimate of drug-likeness (QED) is 0.303. The lowest BCUT2D eigenvalue weighted by Gasteiger charge is -2.33. The lowest BCUT2D eigenvalue weighted by atomic mass is 9.95. The molecule has 0 saturated heterocycles. The van der Waals surface area contributed by atoms with Crippen LogP contribution in [0.3, 0.4) is 0 Å². The summed E-state index contributed by atoms with van der Waals surface area (Å²) in [4.78, 5) is 29.3. The van der Waals surface area contributed by atoms with E-state index in [9.17, 15) is 18.0 Å². The molecule has 8 nitrogen and oxygen atoms in total. The molecule has 0 bridgehead atoms. The third kappa shape index (κ3) is 7.96. The zero-order valence-corrected chi connectivity index (χ0v) is 26.6. The fraction of sp³-hybridized carbons (Fsp3) is 0.412. The summed E-state index contributed by atoms with van der Waals surface area (Å²) in [5.41, 5.74) is 3.82. The summed E-state index contributed by atoms with van der Waals surface area (Å²) in [5, 5.41) is 3.13. The van der Waals surface area contributed by atoms with Crippen molar-refractivity contribution in [1.29, 1.82) is 0 Å². The van der Waals surface area contributed by atoms with Crippen LogP contribution in [-0.2, 0) is 26.2 Å². The van der Waals surface area contributed by atoms with Gasteiger partial charge in [0.05, 0.1) is 17.7 Å². The molecule has 1 fully saturated rings. The third-order valence-electron chi connectivity index (χ3n) is 8.11. The third-order valence-corrected chi connectivity index (χ3v) is 9.89. The van der Waals surface area contributed by atoms with E-state index in [-0.39, 0.29) is 23.4 Å². The lowest BCUT2D eigenvalue weighted by Crippen LogP contribution is -2.53. The van der Waals surface area contributed by atoms with E-state index in [1.165, 1.54) is 9.21 Å². The summed E-state index contributed by atoms with van der Waals surface area (Å²) >= 11 is 0. The van der Waals surface area contributed by atoms with Gasteiger partial charge in [-0.15, -0.1) is 0 Å². The van der Waals surface area contributed by atoms with Crippen molar-refractivity contribution in [2.24, 2.45) is 0 Å². The fourth-order valence-corrected chi connectivity index (χ4v) is 7.03. The maximum atomic E-state index is 14.2. The average Bonchev–Trinajstić information content (AvgIpc) is 2.99. The highest BCUT2D eigenvalue weighted by Crippen LogP contribution is 2.29. The Hall–Kier alpha value is -3.85. The Kier molecular flexibility index (Phi) is 10.5. The first-order chi connectivity index (χ1) is 20.5. The maximum absolute atomic E-state index is 14.2.